The van der Waals surface area contributed by atoms with Gasteiger partial charge in [-0.05, 0) is 46.3 Å². The molecule has 1 heterocycles. The van der Waals surface area contributed by atoms with E-state index in [2.05, 4.69) is 31.9 Å². The number of thiophene rings is 1. The minimum absolute atomic E-state index is 0.00185. The molecule has 4 heteroatoms. The monoisotopic (exact) mass is 370 g/mol. The van der Waals surface area contributed by atoms with Crippen LogP contribution in [0.5, 0.6) is 0 Å². The Balaban J connectivity index is 2.17. The molecule has 0 fully saturated rings. The van der Waals surface area contributed by atoms with Crippen molar-refractivity contribution in [3.8, 4) is 0 Å². The lowest BCUT2D eigenvalue weighted by Crippen LogP contribution is -1.94. The largest absolute Gasteiger partial charge is 0.289 e. The van der Waals surface area contributed by atoms with Crippen LogP contribution in [0.25, 0.3) is 6.08 Å². The van der Waals surface area contributed by atoms with Gasteiger partial charge in [0.1, 0.15) is 0 Å². The van der Waals surface area contributed by atoms with Gasteiger partial charge in [0.2, 0.25) is 0 Å². The highest BCUT2D eigenvalue weighted by Gasteiger charge is 2.05. The van der Waals surface area contributed by atoms with Crippen molar-refractivity contribution >= 4 is 55.1 Å². The predicted molar refractivity (Wildman–Crippen MR) is 79.5 cm³/mol. The SMILES string of the molecule is O=C(/C=C/c1cc(Br)cs1)c1ccccc1Br. The first kappa shape index (κ1) is 12.7. The van der Waals surface area contributed by atoms with Crippen LogP contribution in [-0.4, -0.2) is 5.78 Å². The molecule has 0 radical (unpaired) electrons. The van der Waals surface area contributed by atoms with Crippen LogP contribution in [0, 0.1) is 0 Å². The molecule has 0 atom stereocenters. The second-order valence-electron chi connectivity index (χ2n) is 3.34. The fraction of sp³-hybridized carbons (Fsp3) is 0. The minimum Gasteiger partial charge on any atom is -0.289 e. The van der Waals surface area contributed by atoms with Crippen molar-refractivity contribution in [1.82, 2.24) is 0 Å². The second kappa shape index (κ2) is 5.76. The Morgan fingerprint density at radius 3 is 2.65 bits per heavy atom. The average molecular weight is 372 g/mol. The van der Waals surface area contributed by atoms with Crippen LogP contribution in [0.3, 0.4) is 0 Å². The normalized spacial score (nSPS) is 10.9. The third-order valence-corrected chi connectivity index (χ3v) is 4.48. The number of carbonyl (C=O) groups excluding carboxylic acids is 1. The van der Waals surface area contributed by atoms with E-state index in [1.165, 1.54) is 0 Å². The summed E-state index contributed by atoms with van der Waals surface area (Å²) in [5, 5.41) is 1.99. The van der Waals surface area contributed by atoms with Crippen molar-refractivity contribution in [2.75, 3.05) is 0 Å². The summed E-state index contributed by atoms with van der Waals surface area (Å²) in [5.74, 6) is 0.00185. The second-order valence-corrected chi connectivity index (χ2v) is 6.06. The van der Waals surface area contributed by atoms with E-state index in [9.17, 15) is 4.79 Å². The van der Waals surface area contributed by atoms with E-state index in [0.29, 0.717) is 5.56 Å². The maximum absolute atomic E-state index is 11.9. The molecule has 17 heavy (non-hydrogen) atoms. The third-order valence-electron chi connectivity index (χ3n) is 2.13. The zero-order chi connectivity index (χ0) is 12.3. The van der Waals surface area contributed by atoms with Gasteiger partial charge in [-0.2, -0.15) is 0 Å². The number of benzene rings is 1. The van der Waals surface area contributed by atoms with Crippen molar-refractivity contribution in [2.24, 2.45) is 0 Å². The number of rotatable bonds is 3. The Morgan fingerprint density at radius 2 is 2.00 bits per heavy atom. The fourth-order valence-corrected chi connectivity index (χ4v) is 3.14. The first-order chi connectivity index (χ1) is 8.16. The smallest absolute Gasteiger partial charge is 0.187 e. The summed E-state index contributed by atoms with van der Waals surface area (Å²) >= 11 is 8.34. The average Bonchev–Trinajstić information content (AvgIpc) is 2.73. The lowest BCUT2D eigenvalue weighted by Gasteiger charge is -1.98. The number of ketones is 1. The topological polar surface area (TPSA) is 17.1 Å². The zero-order valence-electron chi connectivity index (χ0n) is 8.69. The summed E-state index contributed by atoms with van der Waals surface area (Å²) in [7, 11) is 0. The number of halogens is 2. The maximum Gasteiger partial charge on any atom is 0.187 e. The summed E-state index contributed by atoms with van der Waals surface area (Å²) in [6.45, 7) is 0. The van der Waals surface area contributed by atoms with E-state index in [1.807, 2.05) is 35.7 Å². The van der Waals surface area contributed by atoms with Crippen LogP contribution in [-0.2, 0) is 0 Å². The van der Waals surface area contributed by atoms with Gasteiger partial charge in [0.25, 0.3) is 0 Å². The highest BCUT2D eigenvalue weighted by molar-refractivity contribution is 9.10. The van der Waals surface area contributed by atoms with Crippen LogP contribution in [0.15, 0.2) is 50.7 Å². The zero-order valence-corrected chi connectivity index (χ0v) is 12.7. The predicted octanol–water partition coefficient (Wildman–Crippen LogP) is 5.17. The molecular formula is C13H8Br2OS. The quantitative estimate of drug-likeness (QED) is 0.537. The molecule has 0 spiro atoms. The molecule has 1 nitrogen and oxygen atoms in total. The van der Waals surface area contributed by atoms with Gasteiger partial charge in [-0.15, -0.1) is 11.3 Å². The first-order valence-electron chi connectivity index (χ1n) is 4.88. The van der Waals surface area contributed by atoms with Crippen LogP contribution in [0.4, 0.5) is 0 Å². The van der Waals surface area contributed by atoms with Crippen molar-refractivity contribution < 1.29 is 4.79 Å². The van der Waals surface area contributed by atoms with Gasteiger partial charge < -0.3 is 0 Å². The Hall–Kier alpha value is -0.710. The first-order valence-corrected chi connectivity index (χ1v) is 7.34. The minimum atomic E-state index is 0.00185. The summed E-state index contributed by atoms with van der Waals surface area (Å²) in [6, 6.07) is 9.40. The molecule has 0 aliphatic rings. The summed E-state index contributed by atoms with van der Waals surface area (Å²) in [5.41, 5.74) is 0.680. The molecule has 0 bridgehead atoms. The lowest BCUT2D eigenvalue weighted by atomic mass is 10.1. The van der Waals surface area contributed by atoms with E-state index in [4.69, 9.17) is 0 Å². The Morgan fingerprint density at radius 1 is 1.24 bits per heavy atom. The Kier molecular flexibility index (Phi) is 4.31. The number of hydrogen-bond donors (Lipinski definition) is 0. The molecule has 0 unspecified atom stereocenters. The standard InChI is InChI=1S/C13H8Br2OS/c14-9-7-10(17-8-9)5-6-13(16)11-3-1-2-4-12(11)15/h1-8H/b6-5+. The third kappa shape index (κ3) is 3.37. The van der Waals surface area contributed by atoms with Gasteiger partial charge in [0.15, 0.2) is 5.78 Å². The molecule has 0 N–H and O–H groups in total. The number of carbonyl (C=O) groups is 1. The van der Waals surface area contributed by atoms with Crippen LogP contribution in [0.2, 0.25) is 0 Å². The Labute approximate surface area is 120 Å². The van der Waals surface area contributed by atoms with E-state index >= 15 is 0 Å². The maximum atomic E-state index is 11.9. The number of hydrogen-bond acceptors (Lipinski definition) is 2. The highest BCUT2D eigenvalue weighted by atomic mass is 79.9. The molecule has 0 aliphatic heterocycles. The van der Waals surface area contributed by atoms with Crippen LogP contribution < -0.4 is 0 Å². The van der Waals surface area contributed by atoms with Crippen molar-refractivity contribution in [1.29, 1.82) is 0 Å². The van der Waals surface area contributed by atoms with E-state index in [-0.39, 0.29) is 5.78 Å². The molecule has 2 rings (SSSR count). The van der Waals surface area contributed by atoms with Crippen molar-refractivity contribution in [2.45, 2.75) is 0 Å². The fourth-order valence-electron chi connectivity index (χ4n) is 1.32. The van der Waals surface area contributed by atoms with Gasteiger partial charge >= 0.3 is 0 Å². The van der Waals surface area contributed by atoms with Crippen molar-refractivity contribution in [3.05, 3.63) is 61.2 Å². The molecule has 1 aromatic heterocycles. The van der Waals surface area contributed by atoms with Crippen molar-refractivity contribution in [3.63, 3.8) is 0 Å². The number of allylic oxidation sites excluding steroid dienone is 1. The van der Waals surface area contributed by atoms with E-state index in [1.54, 1.807) is 23.5 Å². The van der Waals surface area contributed by atoms with E-state index in [0.717, 1.165) is 13.8 Å². The summed E-state index contributed by atoms with van der Waals surface area (Å²) in [6.07, 6.45) is 3.43. The molecule has 86 valence electrons. The van der Waals surface area contributed by atoms with Crippen LogP contribution in [0.1, 0.15) is 15.2 Å². The van der Waals surface area contributed by atoms with E-state index < -0.39 is 0 Å². The van der Waals surface area contributed by atoms with Gasteiger partial charge in [0.05, 0.1) is 0 Å². The lowest BCUT2D eigenvalue weighted by molar-refractivity contribution is 0.104. The summed E-state index contributed by atoms with van der Waals surface area (Å²) < 4.78 is 1.86. The van der Waals surface area contributed by atoms with Crippen LogP contribution >= 0.6 is 43.2 Å². The molecule has 1 aromatic carbocycles. The van der Waals surface area contributed by atoms with Gasteiger partial charge in [-0.25, -0.2) is 0 Å². The van der Waals surface area contributed by atoms with Gasteiger partial charge in [0, 0.05) is 24.8 Å². The molecular weight excluding hydrogens is 364 g/mol. The van der Waals surface area contributed by atoms with Gasteiger partial charge in [-0.1, -0.05) is 28.1 Å². The highest BCUT2D eigenvalue weighted by Crippen LogP contribution is 2.22. The molecule has 0 saturated carbocycles. The van der Waals surface area contributed by atoms with Gasteiger partial charge in [-0.3, -0.25) is 4.79 Å². The summed E-state index contributed by atoms with van der Waals surface area (Å²) in [4.78, 5) is 13.0. The molecule has 0 amide bonds. The molecule has 0 aliphatic carbocycles. The molecule has 0 saturated heterocycles. The molecule has 2 aromatic rings. The Bertz CT molecular complexity index is 572.